The lowest BCUT2D eigenvalue weighted by Crippen LogP contribution is -2.18. The van der Waals surface area contributed by atoms with Crippen LogP contribution in [0.15, 0.2) is 0 Å². The number of hydrogen-bond donors (Lipinski definition) is 1. The van der Waals surface area contributed by atoms with Crippen LogP contribution in [0.5, 0.6) is 0 Å². The zero-order valence-corrected chi connectivity index (χ0v) is 7.03. The second kappa shape index (κ2) is 6.39. The molecule has 0 N–H and O–H groups in total. The Morgan fingerprint density at radius 1 is 1.44 bits per heavy atom. The number of hydrogen-bond acceptors (Lipinski definition) is 3. The smallest absolute Gasteiger partial charge is 0.0598 e. The minimum Gasteiger partial charge on any atom is -0.383 e. The van der Waals surface area contributed by atoms with Crippen LogP contribution >= 0.6 is 12.8 Å². The van der Waals surface area contributed by atoms with Crippen molar-refractivity contribution < 1.29 is 4.74 Å². The molecule has 0 rings (SSSR count). The molecule has 2 nitrogen and oxygen atoms in total. The van der Waals surface area contributed by atoms with Gasteiger partial charge in [-0.05, 0) is 6.42 Å². The lowest BCUT2D eigenvalue weighted by atomic mass is 10.5. The van der Waals surface area contributed by atoms with Crippen molar-refractivity contribution in [2.45, 2.75) is 13.3 Å². The van der Waals surface area contributed by atoms with Crippen LogP contribution < -0.4 is 0 Å². The van der Waals surface area contributed by atoms with Crippen LogP contribution in [-0.2, 0) is 4.74 Å². The van der Waals surface area contributed by atoms with Gasteiger partial charge in [-0.15, -0.1) is 0 Å². The number of nitrogens with zero attached hydrogens (tertiary/aromatic N) is 1. The van der Waals surface area contributed by atoms with E-state index in [1.807, 2.05) is 4.31 Å². The third-order valence-corrected chi connectivity index (χ3v) is 1.44. The summed E-state index contributed by atoms with van der Waals surface area (Å²) in [7, 11) is 1.70. The fraction of sp³-hybridized carbons (Fsp3) is 1.00. The second-order valence-electron chi connectivity index (χ2n) is 1.95. The summed E-state index contributed by atoms with van der Waals surface area (Å²) in [6.07, 6.45) is 1.15. The SMILES string of the molecule is CCCN(S)CCOC. The fourth-order valence-corrected chi connectivity index (χ4v) is 0.848. The normalized spacial score (nSPS) is 10.7. The maximum atomic E-state index is 4.87. The topological polar surface area (TPSA) is 12.5 Å². The standard InChI is InChI=1S/C6H15NOS/c1-3-4-7(9)5-6-8-2/h9H,3-6H2,1-2H3. The Morgan fingerprint density at radius 2 is 2.11 bits per heavy atom. The van der Waals surface area contributed by atoms with Crippen molar-refractivity contribution in [1.29, 1.82) is 0 Å². The van der Waals surface area contributed by atoms with Gasteiger partial charge in [0.05, 0.1) is 6.61 Å². The van der Waals surface area contributed by atoms with E-state index >= 15 is 0 Å². The first-order valence-electron chi connectivity index (χ1n) is 3.24. The first-order valence-corrected chi connectivity index (χ1v) is 3.64. The molecule has 0 unspecified atom stereocenters. The molecule has 0 aromatic heterocycles. The van der Waals surface area contributed by atoms with Gasteiger partial charge >= 0.3 is 0 Å². The number of ether oxygens (including phenoxy) is 1. The van der Waals surface area contributed by atoms with Crippen LogP contribution in [0.1, 0.15) is 13.3 Å². The zero-order valence-electron chi connectivity index (χ0n) is 6.13. The maximum Gasteiger partial charge on any atom is 0.0598 e. The molecular formula is C6H15NOS. The molecular weight excluding hydrogens is 134 g/mol. The highest BCUT2D eigenvalue weighted by Crippen LogP contribution is 1.93. The highest BCUT2D eigenvalue weighted by Gasteiger charge is 1.93. The Labute approximate surface area is 62.7 Å². The van der Waals surface area contributed by atoms with Crippen LogP contribution in [0, 0.1) is 0 Å². The molecule has 0 saturated carbocycles. The summed E-state index contributed by atoms with van der Waals surface area (Å²) in [4.78, 5) is 0. The highest BCUT2D eigenvalue weighted by atomic mass is 32.1. The first-order chi connectivity index (χ1) is 4.31. The van der Waals surface area contributed by atoms with Crippen molar-refractivity contribution in [3.8, 4) is 0 Å². The molecule has 9 heavy (non-hydrogen) atoms. The van der Waals surface area contributed by atoms with Crippen molar-refractivity contribution in [2.75, 3.05) is 26.8 Å². The molecule has 0 radical (unpaired) electrons. The predicted molar refractivity (Wildman–Crippen MR) is 42.7 cm³/mol. The van der Waals surface area contributed by atoms with E-state index in [-0.39, 0.29) is 0 Å². The number of methoxy groups -OCH3 is 1. The molecule has 0 amide bonds. The first kappa shape index (κ1) is 9.27. The Balaban J connectivity index is 2.95. The van der Waals surface area contributed by atoms with Crippen molar-refractivity contribution in [1.82, 2.24) is 4.31 Å². The van der Waals surface area contributed by atoms with Gasteiger partial charge in [-0.1, -0.05) is 19.7 Å². The van der Waals surface area contributed by atoms with Crippen LogP contribution in [-0.4, -0.2) is 31.1 Å². The van der Waals surface area contributed by atoms with Crippen LogP contribution in [0.3, 0.4) is 0 Å². The molecule has 0 heterocycles. The van der Waals surface area contributed by atoms with E-state index in [4.69, 9.17) is 4.74 Å². The number of thiol groups is 1. The van der Waals surface area contributed by atoms with Gasteiger partial charge in [-0.2, -0.15) is 0 Å². The van der Waals surface area contributed by atoms with Gasteiger partial charge in [0, 0.05) is 20.2 Å². The van der Waals surface area contributed by atoms with E-state index in [0.717, 1.165) is 26.1 Å². The summed E-state index contributed by atoms with van der Waals surface area (Å²) in [5.41, 5.74) is 0. The third-order valence-electron chi connectivity index (χ3n) is 1.04. The Bertz CT molecular complexity index is 61.0. The van der Waals surface area contributed by atoms with E-state index in [1.54, 1.807) is 7.11 Å². The summed E-state index contributed by atoms with van der Waals surface area (Å²) < 4.78 is 6.83. The van der Waals surface area contributed by atoms with E-state index in [2.05, 4.69) is 19.7 Å². The van der Waals surface area contributed by atoms with E-state index < -0.39 is 0 Å². The minimum atomic E-state index is 0.767. The van der Waals surface area contributed by atoms with Crippen molar-refractivity contribution >= 4 is 12.8 Å². The van der Waals surface area contributed by atoms with Crippen molar-refractivity contribution in [3.05, 3.63) is 0 Å². The lowest BCUT2D eigenvalue weighted by Gasteiger charge is -2.11. The fourth-order valence-electron chi connectivity index (χ4n) is 0.567. The van der Waals surface area contributed by atoms with Crippen LogP contribution in [0.2, 0.25) is 0 Å². The Hall–Kier alpha value is 0.270. The molecule has 0 aliphatic heterocycles. The van der Waals surface area contributed by atoms with Gasteiger partial charge in [-0.3, -0.25) is 4.31 Å². The van der Waals surface area contributed by atoms with Gasteiger partial charge in [0.15, 0.2) is 0 Å². The third kappa shape index (κ3) is 6.15. The summed E-state index contributed by atoms with van der Waals surface area (Å²) in [5, 5.41) is 0. The van der Waals surface area contributed by atoms with E-state index in [9.17, 15) is 0 Å². The second-order valence-corrected chi connectivity index (χ2v) is 2.51. The molecule has 0 atom stereocenters. The summed E-state index contributed by atoms with van der Waals surface area (Å²) in [6, 6.07) is 0. The van der Waals surface area contributed by atoms with E-state index in [0.29, 0.717) is 0 Å². The predicted octanol–water partition coefficient (Wildman–Crippen LogP) is 1.19. The zero-order chi connectivity index (χ0) is 7.11. The average molecular weight is 149 g/mol. The molecule has 0 fully saturated rings. The monoisotopic (exact) mass is 149 g/mol. The molecule has 0 aliphatic carbocycles. The van der Waals surface area contributed by atoms with Gasteiger partial charge < -0.3 is 4.74 Å². The summed E-state index contributed by atoms with van der Waals surface area (Å²) in [6.45, 7) is 4.85. The summed E-state index contributed by atoms with van der Waals surface area (Å²) >= 11 is 4.20. The molecule has 0 aromatic rings. The average Bonchev–Trinajstić information content (AvgIpc) is 1.85. The van der Waals surface area contributed by atoms with Crippen molar-refractivity contribution in [2.24, 2.45) is 0 Å². The van der Waals surface area contributed by atoms with Gasteiger partial charge in [0.25, 0.3) is 0 Å². The molecule has 0 aromatic carbocycles. The molecule has 0 aliphatic rings. The minimum absolute atomic E-state index is 0.767. The quantitative estimate of drug-likeness (QED) is 0.589. The van der Waals surface area contributed by atoms with E-state index in [1.165, 1.54) is 0 Å². The molecule has 0 saturated heterocycles. The maximum absolute atomic E-state index is 4.87. The Kier molecular flexibility index (Phi) is 6.58. The lowest BCUT2D eigenvalue weighted by molar-refractivity contribution is 0.183. The van der Waals surface area contributed by atoms with Gasteiger partial charge in [0.2, 0.25) is 0 Å². The summed E-state index contributed by atoms with van der Waals surface area (Å²) in [5.74, 6) is 0. The van der Waals surface area contributed by atoms with Crippen LogP contribution in [0.4, 0.5) is 0 Å². The highest BCUT2D eigenvalue weighted by molar-refractivity contribution is 7.77. The molecule has 0 bridgehead atoms. The van der Waals surface area contributed by atoms with Crippen LogP contribution in [0.25, 0.3) is 0 Å². The Morgan fingerprint density at radius 3 is 2.56 bits per heavy atom. The van der Waals surface area contributed by atoms with Crippen molar-refractivity contribution in [3.63, 3.8) is 0 Å². The largest absolute Gasteiger partial charge is 0.383 e. The number of rotatable bonds is 5. The molecule has 56 valence electrons. The van der Waals surface area contributed by atoms with Gasteiger partial charge in [-0.25, -0.2) is 0 Å². The molecule has 3 heteroatoms. The van der Waals surface area contributed by atoms with Gasteiger partial charge in [0.1, 0.15) is 0 Å². The molecule has 0 spiro atoms.